The van der Waals surface area contributed by atoms with Crippen LogP contribution in [-0.2, 0) is 6.54 Å². The molecule has 0 aliphatic carbocycles. The molecule has 1 amide bonds. The first-order chi connectivity index (χ1) is 11.5. The molecule has 1 unspecified atom stereocenters. The molecule has 0 saturated heterocycles. The van der Waals surface area contributed by atoms with E-state index < -0.39 is 0 Å². The van der Waals surface area contributed by atoms with Gasteiger partial charge in [0, 0.05) is 22.5 Å². The van der Waals surface area contributed by atoms with Gasteiger partial charge in [0.15, 0.2) is 0 Å². The van der Waals surface area contributed by atoms with Crippen molar-refractivity contribution in [2.24, 2.45) is 0 Å². The zero-order valence-electron chi connectivity index (χ0n) is 14.4. The zero-order valence-corrected chi connectivity index (χ0v) is 15.2. The molecule has 0 spiro atoms. The van der Waals surface area contributed by atoms with Crippen LogP contribution < -0.4 is 10.6 Å². The van der Waals surface area contributed by atoms with E-state index in [-0.39, 0.29) is 18.6 Å². The molecule has 1 atom stereocenters. The summed E-state index contributed by atoms with van der Waals surface area (Å²) < 4.78 is 0. The van der Waals surface area contributed by atoms with E-state index in [9.17, 15) is 4.79 Å². The second-order valence-corrected chi connectivity index (χ2v) is 6.91. The van der Waals surface area contributed by atoms with E-state index in [1.807, 2.05) is 19.1 Å². The van der Waals surface area contributed by atoms with Crippen LogP contribution in [-0.4, -0.2) is 28.6 Å². The van der Waals surface area contributed by atoms with Gasteiger partial charge in [-0.1, -0.05) is 20.8 Å². The van der Waals surface area contributed by atoms with Gasteiger partial charge in [0.05, 0.1) is 29.9 Å². The molecule has 1 heterocycles. The molecule has 0 fully saturated rings. The van der Waals surface area contributed by atoms with Crippen LogP contribution in [0.5, 0.6) is 0 Å². The second kappa shape index (κ2) is 8.80. The van der Waals surface area contributed by atoms with E-state index in [1.165, 1.54) is 0 Å². The number of aliphatic hydroxyl groups excluding tert-OH is 1. The number of anilines is 1. The lowest BCUT2D eigenvalue weighted by Gasteiger charge is -2.14. The van der Waals surface area contributed by atoms with Gasteiger partial charge < -0.3 is 15.7 Å². The smallest absolute Gasteiger partial charge is 0.251 e. The molecule has 130 valence electrons. The van der Waals surface area contributed by atoms with Gasteiger partial charge in [-0.05, 0) is 30.7 Å². The first-order valence-electron chi connectivity index (χ1n) is 8.23. The maximum absolute atomic E-state index is 12.1. The summed E-state index contributed by atoms with van der Waals surface area (Å²) in [7, 11) is 0. The molecule has 0 aliphatic rings. The van der Waals surface area contributed by atoms with Crippen LogP contribution in [0.3, 0.4) is 0 Å². The Morgan fingerprint density at radius 1 is 1.29 bits per heavy atom. The SMILES string of the molecule is CCC(CO)NC(=O)c1ccc(NCc2csc(C(C)C)n2)cc1. The van der Waals surface area contributed by atoms with Crippen molar-refractivity contribution in [3.63, 3.8) is 0 Å². The summed E-state index contributed by atoms with van der Waals surface area (Å²) >= 11 is 1.68. The number of carbonyl (C=O) groups excluding carboxylic acids is 1. The van der Waals surface area contributed by atoms with Crippen LogP contribution in [0.15, 0.2) is 29.6 Å². The van der Waals surface area contributed by atoms with E-state index in [4.69, 9.17) is 5.11 Å². The quantitative estimate of drug-likeness (QED) is 0.684. The largest absolute Gasteiger partial charge is 0.394 e. The summed E-state index contributed by atoms with van der Waals surface area (Å²) in [6, 6.07) is 7.12. The van der Waals surface area contributed by atoms with Crippen molar-refractivity contribution in [1.82, 2.24) is 10.3 Å². The van der Waals surface area contributed by atoms with Crippen molar-refractivity contribution in [1.29, 1.82) is 0 Å². The van der Waals surface area contributed by atoms with Gasteiger partial charge in [0.25, 0.3) is 5.91 Å². The van der Waals surface area contributed by atoms with Gasteiger partial charge in [0.2, 0.25) is 0 Å². The number of carbonyl (C=O) groups is 1. The number of benzene rings is 1. The molecule has 2 rings (SSSR count). The zero-order chi connectivity index (χ0) is 17.5. The molecular weight excluding hydrogens is 322 g/mol. The number of nitrogens with zero attached hydrogens (tertiary/aromatic N) is 1. The molecule has 1 aromatic carbocycles. The summed E-state index contributed by atoms with van der Waals surface area (Å²) in [6.45, 7) is 6.82. The number of aliphatic hydroxyl groups is 1. The van der Waals surface area contributed by atoms with Crippen LogP contribution >= 0.6 is 11.3 Å². The Morgan fingerprint density at radius 2 is 2.00 bits per heavy atom. The van der Waals surface area contributed by atoms with Gasteiger partial charge in [-0.15, -0.1) is 11.3 Å². The molecule has 0 radical (unpaired) electrons. The van der Waals surface area contributed by atoms with Crippen molar-refractivity contribution in [3.8, 4) is 0 Å². The fourth-order valence-electron chi connectivity index (χ4n) is 2.15. The van der Waals surface area contributed by atoms with Crippen LogP contribution in [0.1, 0.15) is 54.2 Å². The lowest BCUT2D eigenvalue weighted by Crippen LogP contribution is -2.36. The van der Waals surface area contributed by atoms with Crippen molar-refractivity contribution in [3.05, 3.63) is 45.9 Å². The van der Waals surface area contributed by atoms with E-state index in [0.29, 0.717) is 24.4 Å². The molecule has 0 bridgehead atoms. The number of amides is 1. The van der Waals surface area contributed by atoms with E-state index in [1.54, 1.807) is 23.5 Å². The average Bonchev–Trinajstić information content (AvgIpc) is 3.07. The maximum Gasteiger partial charge on any atom is 0.251 e. The van der Waals surface area contributed by atoms with Gasteiger partial charge in [-0.3, -0.25) is 4.79 Å². The summed E-state index contributed by atoms with van der Waals surface area (Å²) in [4.78, 5) is 16.7. The van der Waals surface area contributed by atoms with E-state index in [0.717, 1.165) is 16.4 Å². The molecule has 5 nitrogen and oxygen atoms in total. The molecule has 0 saturated carbocycles. The number of hydrogen-bond donors (Lipinski definition) is 3. The van der Waals surface area contributed by atoms with Crippen LogP contribution in [0.4, 0.5) is 5.69 Å². The van der Waals surface area contributed by atoms with Gasteiger partial charge in [0.1, 0.15) is 0 Å². The molecular formula is C18H25N3O2S. The number of rotatable bonds is 8. The first kappa shape index (κ1) is 18.4. The Bertz CT molecular complexity index is 649. The van der Waals surface area contributed by atoms with Gasteiger partial charge in [-0.2, -0.15) is 0 Å². The Balaban J connectivity index is 1.90. The monoisotopic (exact) mass is 347 g/mol. The van der Waals surface area contributed by atoms with E-state index >= 15 is 0 Å². The predicted molar refractivity (Wildman–Crippen MR) is 98.6 cm³/mol. The van der Waals surface area contributed by atoms with Crippen LogP contribution in [0.2, 0.25) is 0 Å². The van der Waals surface area contributed by atoms with Crippen molar-refractivity contribution in [2.75, 3.05) is 11.9 Å². The van der Waals surface area contributed by atoms with E-state index in [2.05, 4.69) is 34.8 Å². The van der Waals surface area contributed by atoms with Crippen molar-refractivity contribution >= 4 is 22.9 Å². The highest BCUT2D eigenvalue weighted by Crippen LogP contribution is 2.20. The Morgan fingerprint density at radius 3 is 2.54 bits per heavy atom. The second-order valence-electron chi connectivity index (χ2n) is 6.02. The molecule has 2 aromatic rings. The molecule has 24 heavy (non-hydrogen) atoms. The topological polar surface area (TPSA) is 74.2 Å². The Labute approximate surface area is 147 Å². The van der Waals surface area contributed by atoms with Crippen LogP contribution in [0, 0.1) is 0 Å². The minimum Gasteiger partial charge on any atom is -0.394 e. The summed E-state index contributed by atoms with van der Waals surface area (Å²) in [5.41, 5.74) is 2.56. The highest BCUT2D eigenvalue weighted by Gasteiger charge is 2.11. The van der Waals surface area contributed by atoms with Gasteiger partial charge in [-0.25, -0.2) is 4.98 Å². The number of hydrogen-bond acceptors (Lipinski definition) is 5. The minimum atomic E-state index is -0.199. The Hall–Kier alpha value is -1.92. The number of aromatic nitrogens is 1. The van der Waals surface area contributed by atoms with Crippen LogP contribution in [0.25, 0.3) is 0 Å². The predicted octanol–water partition coefficient (Wildman–Crippen LogP) is 3.38. The maximum atomic E-state index is 12.1. The summed E-state index contributed by atoms with van der Waals surface area (Å²) in [6.07, 6.45) is 0.702. The average molecular weight is 347 g/mol. The normalized spacial score (nSPS) is 12.2. The standard InChI is InChI=1S/C18H25N3O2S/c1-4-14(10-22)20-17(23)13-5-7-15(8-6-13)19-9-16-11-24-18(21-16)12(2)3/h5-8,11-12,14,19,22H,4,9-10H2,1-3H3,(H,20,23). The third kappa shape index (κ3) is 5.04. The third-order valence-electron chi connectivity index (χ3n) is 3.73. The van der Waals surface area contributed by atoms with Crippen molar-refractivity contribution < 1.29 is 9.90 Å². The highest BCUT2D eigenvalue weighted by atomic mass is 32.1. The van der Waals surface area contributed by atoms with Gasteiger partial charge >= 0.3 is 0 Å². The third-order valence-corrected chi connectivity index (χ3v) is 4.93. The Kier molecular flexibility index (Phi) is 6.75. The molecule has 3 N–H and O–H groups in total. The lowest BCUT2D eigenvalue weighted by atomic mass is 10.1. The summed E-state index contributed by atoms with van der Waals surface area (Å²) in [5.74, 6) is 0.288. The summed E-state index contributed by atoms with van der Waals surface area (Å²) in [5, 5.41) is 18.5. The fourth-order valence-corrected chi connectivity index (χ4v) is 2.98. The fraction of sp³-hybridized carbons (Fsp3) is 0.444. The number of nitrogens with one attached hydrogen (secondary N) is 2. The molecule has 6 heteroatoms. The minimum absolute atomic E-state index is 0.0477. The molecule has 1 aromatic heterocycles. The number of thiazole rings is 1. The van der Waals surface area contributed by atoms with Crippen molar-refractivity contribution in [2.45, 2.75) is 45.7 Å². The highest BCUT2D eigenvalue weighted by molar-refractivity contribution is 7.09. The first-order valence-corrected chi connectivity index (χ1v) is 9.11. The molecule has 0 aliphatic heterocycles. The lowest BCUT2D eigenvalue weighted by molar-refractivity contribution is 0.0915.